The fourth-order valence-corrected chi connectivity index (χ4v) is 4.18. The first kappa shape index (κ1) is 34.6. The lowest BCUT2D eigenvalue weighted by molar-refractivity contribution is -0.670. The predicted molar refractivity (Wildman–Crippen MR) is 134 cm³/mol. The number of aryl methyl sites for hydroxylation is 2. The van der Waals surface area contributed by atoms with E-state index in [1.165, 1.54) is 6.07 Å². The number of alkyl halides is 12. The summed E-state index contributed by atoms with van der Waals surface area (Å²) < 4.78 is 168. The number of nitrogens with one attached hydrogen (secondary N) is 1. The summed E-state index contributed by atoms with van der Waals surface area (Å²) in [5, 5.41) is 3.05. The minimum absolute atomic E-state index is 0.295. The number of carbonyl (C=O) groups excluding carboxylic acids is 1. The van der Waals surface area contributed by atoms with E-state index in [0.29, 0.717) is 29.9 Å². The summed E-state index contributed by atoms with van der Waals surface area (Å²) >= 11 is 0. The van der Waals surface area contributed by atoms with Gasteiger partial charge >= 0.3 is 42.0 Å². The minimum Gasteiger partial charge on any atom is -0.455 e. The van der Waals surface area contributed by atoms with Crippen molar-refractivity contribution in [2.24, 2.45) is 0 Å². The molecular formula is C27H24F12N3O2+. The van der Waals surface area contributed by atoms with Crippen molar-refractivity contribution in [3.63, 3.8) is 0 Å². The van der Waals surface area contributed by atoms with Gasteiger partial charge in [0.1, 0.15) is 0 Å². The lowest BCUT2D eigenvalue weighted by Gasteiger charge is -2.38. The van der Waals surface area contributed by atoms with E-state index in [2.05, 4.69) is 10.1 Å². The number of carbonyl (C=O) groups is 1. The molecule has 0 atom stereocenters. The van der Waals surface area contributed by atoms with Crippen molar-refractivity contribution in [2.75, 3.05) is 11.9 Å². The molecule has 0 bridgehead atoms. The summed E-state index contributed by atoms with van der Waals surface area (Å²) in [6.45, 7) is 1.24. The first-order chi connectivity index (χ1) is 20.3. The van der Waals surface area contributed by atoms with Crippen LogP contribution >= 0.6 is 0 Å². The molecule has 1 heterocycles. The zero-order valence-corrected chi connectivity index (χ0v) is 22.7. The first-order valence-corrected chi connectivity index (χ1v) is 12.7. The molecule has 5 nitrogen and oxygen atoms in total. The van der Waals surface area contributed by atoms with Gasteiger partial charge in [-0.05, 0) is 38.1 Å². The van der Waals surface area contributed by atoms with Crippen molar-refractivity contribution in [2.45, 2.75) is 63.0 Å². The Bertz CT molecular complexity index is 1500. The van der Waals surface area contributed by atoms with Crippen LogP contribution in [0, 0.1) is 0 Å². The van der Waals surface area contributed by atoms with Crippen LogP contribution in [-0.4, -0.2) is 53.2 Å². The summed E-state index contributed by atoms with van der Waals surface area (Å²) in [4.78, 5) is 12.5. The Balaban J connectivity index is 1.88. The van der Waals surface area contributed by atoms with Crippen LogP contribution in [0.5, 0.6) is 0 Å². The van der Waals surface area contributed by atoms with Crippen LogP contribution in [-0.2, 0) is 17.8 Å². The number of para-hydroxylation sites is 1. The summed E-state index contributed by atoms with van der Waals surface area (Å²) in [7, 11) is 0. The standard InChI is InChI=1S/C27H23F12N3O2/c1-3-41-18-11-10-16(14-19(18)42(4-2)20(41)12-13-40-17-8-6-5-7-9-17)21(43)44-15-23(30,31)25(34,35)27(38,39)26(36,37)24(32,33)22(28)29/h5-14,22H,3-4,15H2,1-2H3/p+1. The molecule has 0 amide bonds. The maximum atomic E-state index is 14.1. The molecular weight excluding hydrogens is 626 g/mol. The number of benzene rings is 2. The van der Waals surface area contributed by atoms with Gasteiger partial charge in [0, 0.05) is 24.0 Å². The monoisotopic (exact) mass is 650 g/mol. The lowest BCUT2D eigenvalue weighted by atomic mass is 9.94. The molecule has 0 fully saturated rings. The van der Waals surface area contributed by atoms with E-state index in [-0.39, 0.29) is 0 Å². The Labute approximate surface area is 241 Å². The van der Waals surface area contributed by atoms with Crippen molar-refractivity contribution >= 4 is 28.8 Å². The molecule has 0 saturated carbocycles. The number of fused-ring (bicyclic) bond motifs is 1. The van der Waals surface area contributed by atoms with E-state index < -0.39 is 54.2 Å². The molecule has 3 rings (SSSR count). The number of halogens is 12. The number of imidazole rings is 1. The fourth-order valence-electron chi connectivity index (χ4n) is 4.18. The normalized spacial score (nSPS) is 13.7. The molecule has 3 aromatic rings. The Hall–Kier alpha value is -3.92. The van der Waals surface area contributed by atoms with E-state index in [4.69, 9.17) is 0 Å². The number of nitrogens with zero attached hydrogens (tertiary/aromatic N) is 2. The fraction of sp³-hybridized carbons (Fsp3) is 0.407. The summed E-state index contributed by atoms with van der Waals surface area (Å²) in [5.74, 6) is -37.4. The molecule has 2 aromatic carbocycles. The van der Waals surface area contributed by atoms with Crippen LogP contribution < -0.4 is 9.88 Å². The second kappa shape index (κ2) is 12.2. The summed E-state index contributed by atoms with van der Waals surface area (Å²) in [5.41, 5.74) is 1.05. The van der Waals surface area contributed by atoms with Crippen LogP contribution in [0.1, 0.15) is 30.0 Å². The van der Waals surface area contributed by atoms with Crippen molar-refractivity contribution in [1.82, 2.24) is 4.57 Å². The maximum Gasteiger partial charge on any atom is 0.384 e. The molecule has 0 aliphatic rings. The van der Waals surface area contributed by atoms with Gasteiger partial charge in [-0.3, -0.25) is 0 Å². The second-order valence-electron chi connectivity index (χ2n) is 9.32. The number of esters is 1. The highest BCUT2D eigenvalue weighted by Gasteiger charge is 2.87. The zero-order valence-electron chi connectivity index (χ0n) is 22.7. The highest BCUT2D eigenvalue weighted by atomic mass is 19.4. The third kappa shape index (κ3) is 5.79. The third-order valence-corrected chi connectivity index (χ3v) is 6.56. The van der Waals surface area contributed by atoms with E-state index in [1.807, 2.05) is 6.07 Å². The average Bonchev–Trinajstić information content (AvgIpc) is 3.27. The van der Waals surface area contributed by atoms with E-state index in [0.717, 1.165) is 17.8 Å². The second-order valence-corrected chi connectivity index (χ2v) is 9.32. The molecule has 0 radical (unpaired) electrons. The van der Waals surface area contributed by atoms with E-state index >= 15 is 0 Å². The van der Waals surface area contributed by atoms with Gasteiger partial charge in [-0.25, -0.2) is 22.7 Å². The van der Waals surface area contributed by atoms with Crippen LogP contribution in [0.15, 0.2) is 54.7 Å². The van der Waals surface area contributed by atoms with Crippen molar-refractivity contribution in [3.8, 4) is 0 Å². The van der Waals surface area contributed by atoms with Crippen LogP contribution in [0.4, 0.5) is 58.4 Å². The minimum atomic E-state index is -7.70. The Morgan fingerprint density at radius 1 is 0.909 bits per heavy atom. The molecule has 1 aromatic heterocycles. The van der Waals surface area contributed by atoms with Crippen LogP contribution in [0.3, 0.4) is 0 Å². The summed E-state index contributed by atoms with van der Waals surface area (Å²) in [6.07, 6.45) is -2.30. The first-order valence-electron chi connectivity index (χ1n) is 12.7. The molecule has 0 aliphatic carbocycles. The number of hydrogen-bond acceptors (Lipinski definition) is 3. The van der Waals surface area contributed by atoms with Crippen LogP contribution in [0.2, 0.25) is 0 Å². The molecule has 0 saturated heterocycles. The van der Waals surface area contributed by atoms with Gasteiger partial charge in [0.25, 0.3) is 5.82 Å². The number of ether oxygens (including phenoxy) is 1. The van der Waals surface area contributed by atoms with Gasteiger partial charge in [0.05, 0.1) is 18.7 Å². The molecule has 0 unspecified atom stereocenters. The van der Waals surface area contributed by atoms with Gasteiger partial charge in [-0.15, -0.1) is 0 Å². The number of aromatic nitrogens is 2. The smallest absolute Gasteiger partial charge is 0.384 e. The van der Waals surface area contributed by atoms with Gasteiger partial charge in [-0.2, -0.15) is 43.9 Å². The molecule has 17 heteroatoms. The van der Waals surface area contributed by atoms with Crippen molar-refractivity contribution in [1.29, 1.82) is 0 Å². The Morgan fingerprint density at radius 2 is 1.52 bits per heavy atom. The van der Waals surface area contributed by atoms with Gasteiger partial charge in [0.2, 0.25) is 0 Å². The SMILES string of the molecule is CCn1c(C=CNc2ccccc2)[n+](CC)c2ccc(C(=O)OCC(F)(F)C(F)(F)C(F)(F)C(F)(F)C(F)(F)C(F)F)cc21. The highest BCUT2D eigenvalue weighted by Crippen LogP contribution is 2.58. The zero-order chi connectivity index (χ0) is 33.3. The molecule has 0 aliphatic heterocycles. The third-order valence-electron chi connectivity index (χ3n) is 6.56. The van der Waals surface area contributed by atoms with E-state index in [1.54, 1.807) is 59.5 Å². The summed E-state index contributed by atoms with van der Waals surface area (Å²) in [6, 6.07) is 12.5. The van der Waals surface area contributed by atoms with Crippen LogP contribution in [0.25, 0.3) is 17.1 Å². The molecule has 44 heavy (non-hydrogen) atoms. The van der Waals surface area contributed by atoms with Crippen molar-refractivity contribution in [3.05, 3.63) is 66.1 Å². The average molecular weight is 650 g/mol. The number of hydrogen-bond donors (Lipinski definition) is 1. The van der Waals surface area contributed by atoms with E-state index in [9.17, 15) is 57.5 Å². The topological polar surface area (TPSA) is 47.1 Å². The maximum absolute atomic E-state index is 14.1. The van der Waals surface area contributed by atoms with Gasteiger partial charge in [0.15, 0.2) is 17.6 Å². The molecule has 0 spiro atoms. The number of anilines is 1. The number of rotatable bonds is 13. The van der Waals surface area contributed by atoms with Gasteiger partial charge in [-0.1, -0.05) is 18.2 Å². The molecule has 242 valence electrons. The Kier molecular flexibility index (Phi) is 9.61. The largest absolute Gasteiger partial charge is 0.455 e. The quantitative estimate of drug-likeness (QED) is 0.118. The molecule has 1 N–H and O–H groups in total. The van der Waals surface area contributed by atoms with Gasteiger partial charge < -0.3 is 10.1 Å². The van der Waals surface area contributed by atoms with Crippen molar-refractivity contribution < 1.29 is 66.8 Å². The predicted octanol–water partition coefficient (Wildman–Crippen LogP) is 7.65. The lowest BCUT2D eigenvalue weighted by Crippen LogP contribution is -2.69. The highest BCUT2D eigenvalue weighted by molar-refractivity contribution is 5.93. The Morgan fingerprint density at radius 3 is 2.07 bits per heavy atom.